The predicted molar refractivity (Wildman–Crippen MR) is 476 cm³/mol. The van der Waals surface area contributed by atoms with Crippen LogP contribution in [0.15, 0.2) is 102 Å². The molecule has 30 atom stereocenters. The van der Waals surface area contributed by atoms with Gasteiger partial charge in [-0.3, -0.25) is 25.1 Å². The van der Waals surface area contributed by atoms with E-state index in [0.717, 1.165) is 0 Å². The molecule has 12 bridgehead atoms. The maximum absolute atomic E-state index is 14.7. The van der Waals surface area contributed by atoms with Crippen molar-refractivity contribution < 1.29 is 194 Å². The minimum atomic E-state index is -5.03. The Bertz CT molecular complexity index is 5110. The van der Waals surface area contributed by atoms with Crippen molar-refractivity contribution >= 4 is 60.7 Å². The summed E-state index contributed by atoms with van der Waals surface area (Å²) in [5.41, 5.74) is 5.49. The van der Waals surface area contributed by atoms with E-state index < -0.39 is 285 Å². The van der Waals surface area contributed by atoms with Gasteiger partial charge < -0.3 is 118 Å². The zero-order valence-electron chi connectivity index (χ0n) is 78.6. The first-order valence-corrected chi connectivity index (χ1v) is 52.5. The third-order valence-corrected chi connectivity index (χ3v) is 34.6. The molecule has 0 aromatic heterocycles. The van der Waals surface area contributed by atoms with E-state index in [1.54, 1.807) is 41.5 Å². The first-order valence-electron chi connectivity index (χ1n) is 44.1. The van der Waals surface area contributed by atoms with Crippen LogP contribution >= 0.6 is 0 Å². The second-order valence-electron chi connectivity index (χ2n) is 36.5. The van der Waals surface area contributed by atoms with Crippen LogP contribution in [0.3, 0.4) is 0 Å². The van der Waals surface area contributed by atoms with Crippen molar-refractivity contribution in [3.63, 3.8) is 0 Å². The van der Waals surface area contributed by atoms with Crippen LogP contribution in [-0.4, -0.2) is 336 Å². The molecule has 0 radical (unpaired) electrons. The van der Waals surface area contributed by atoms with Gasteiger partial charge in [-0.25, -0.2) is 0 Å². The molecule has 42 nitrogen and oxygen atoms in total. The first kappa shape index (κ1) is 109. The molecule has 6 aromatic carbocycles. The van der Waals surface area contributed by atoms with Crippen LogP contribution in [0.1, 0.15) is 100 Å². The minimum absolute atomic E-state index is 0.151. The van der Waals surface area contributed by atoms with E-state index in [0.29, 0.717) is 33.4 Å². The summed E-state index contributed by atoms with van der Waals surface area (Å²) in [4.78, 5) is -2.33. The molecule has 22 fully saturated rings. The van der Waals surface area contributed by atoms with E-state index in [4.69, 9.17) is 81.9 Å². The van der Waals surface area contributed by atoms with Crippen molar-refractivity contribution in [3.8, 4) is 0 Å². The van der Waals surface area contributed by atoms with Crippen molar-refractivity contribution in [1.29, 1.82) is 0 Å². The lowest BCUT2D eigenvalue weighted by Gasteiger charge is -2.51. The summed E-state index contributed by atoms with van der Waals surface area (Å²) < 4.78 is 286. The number of aliphatic hydroxyl groups excluding tert-OH is 12. The Kier molecular flexibility index (Phi) is 33.6. The Hall–Kier alpha value is -6.18. The van der Waals surface area contributed by atoms with Crippen molar-refractivity contribution in [2.75, 3.05) is 39.6 Å². The SMILES string of the molecule is Cc1cc(C)c(S(=O)(=O)OC[C@H]2O[C@@H]3O[C@H]4[C@H](O)[C@@H](O)[C@@H](O[C@H]5[C@H](O)[C@@H](O)[C@@H](O[C@H]6[C@H](O)[C@@H](O)[C@@H](O[C@H]7[C@H](O)[C@@H](O)[C@@H](O[C@H]8[C@H](O)[C@@H](O)[C@@H](O[C@H]2[C@H](O)[C@H]3O)O[C@@H]8COS(=O)(=O)c2c(C)cc(C)cc2C)O[C@@H]7COS(=O)(=O)c2c(C)cc(C)cc2C)O[C@@H]6COS(=O)(=O)c2c(C)cc(C)cc2C)O[C@@H]5COS(=O)(=O)c2c(C)cc(C)cc2C)O[C@@H]4COS(=O)(=O)c2c(C)cc(C)cc2C)c(C)c1. The molecule has 768 valence electrons. The van der Waals surface area contributed by atoms with Gasteiger partial charge in [0.15, 0.2) is 37.7 Å². The summed E-state index contributed by atoms with van der Waals surface area (Å²) in [6.45, 7) is 19.3. The number of aliphatic hydroxyl groups is 12. The summed E-state index contributed by atoms with van der Waals surface area (Å²) >= 11 is 0. The number of aryl methyl sites for hydroxylation is 18. The molecule has 12 N–H and O–H groups in total. The van der Waals surface area contributed by atoms with Gasteiger partial charge in [-0.05, 0) is 191 Å². The lowest BCUT2D eigenvalue weighted by molar-refractivity contribution is -0.403. The molecule has 28 rings (SSSR count). The second kappa shape index (κ2) is 42.5. The Morgan fingerprint density at radius 3 is 0.384 bits per heavy atom. The molecule has 138 heavy (non-hydrogen) atoms. The molecule has 22 heterocycles. The Morgan fingerprint density at radius 1 is 0.181 bits per heavy atom. The van der Waals surface area contributed by atoms with Crippen molar-refractivity contribution in [2.45, 2.75) is 338 Å². The minimum Gasteiger partial charge on any atom is -0.387 e. The van der Waals surface area contributed by atoms with Crippen LogP contribution in [0.25, 0.3) is 0 Å². The van der Waals surface area contributed by atoms with Crippen LogP contribution in [0.2, 0.25) is 0 Å². The van der Waals surface area contributed by atoms with E-state index in [-0.39, 0.29) is 96.1 Å². The number of ether oxygens (including phenoxy) is 12. The summed E-state index contributed by atoms with van der Waals surface area (Å²) in [6, 6.07) is 18.0. The highest BCUT2D eigenvalue weighted by molar-refractivity contribution is 7.88. The summed E-state index contributed by atoms with van der Waals surface area (Å²) in [7, 11) is -30.2. The third-order valence-electron chi connectivity index (χ3n) is 25.0. The average Bonchev–Trinajstić information content (AvgIpc) is 0.757. The van der Waals surface area contributed by atoms with Crippen LogP contribution in [0.4, 0.5) is 0 Å². The molecule has 48 heteroatoms. The van der Waals surface area contributed by atoms with Crippen LogP contribution in [-0.2, 0) is 143 Å². The number of hydrogen-bond acceptors (Lipinski definition) is 42. The monoisotopic (exact) mass is 2060 g/mol. The van der Waals surface area contributed by atoms with Crippen molar-refractivity contribution in [3.05, 3.63) is 173 Å². The van der Waals surface area contributed by atoms with Gasteiger partial charge >= 0.3 is 0 Å². The molecule has 0 spiro atoms. The van der Waals surface area contributed by atoms with Gasteiger partial charge in [0.05, 0.1) is 69.0 Å². The molecular weight excluding hydrogens is 1950 g/mol. The summed E-state index contributed by atoms with van der Waals surface area (Å²) in [5, 5.41) is 152. The molecule has 0 saturated carbocycles. The highest BCUT2D eigenvalue weighted by Crippen LogP contribution is 2.43. The molecule has 22 saturated heterocycles. The van der Waals surface area contributed by atoms with E-state index in [2.05, 4.69) is 0 Å². The molecule has 0 amide bonds. The standard InChI is InChI=1S/C90H120O42S6/c1-37-19-43(7)79(44(8)20-37)133(103,104)115-31-55-73-61(91)67(97)85(121-55)128-74-56(32-116-134(105,106)80-45(9)21-38(2)22-46(80)10)123-87(69(99)63(74)93)130-76-58(34-118-136(109,110)82-49(13)25-40(4)26-50(82)14)125-89(71(101)65(76)95)132-78-60(36-120-138(113,114)84-53(17)29-42(6)30-54(84)18)126-90(72(102)66(78)96)131-77-59(35-119-137(111,112)83-51(15)27-41(5)28-52(83)16)124-88(70(100)64(77)94)129-75-57(122-86(127-73)68(98)62(75)92)33-117-135(107,108)81-47(11)23-39(3)24-48(81)12/h19-30,55-78,85-102H,31-36H2,1-18H3/t55-,56-,57-,58-,59-,60-,61-,62-,63-,64-,65-,66-,67-,68-,69-,70-,71-,72-,73-,74-,75-,76-,77-,78-,85-,86-,87-,88-,89-,90-/m1/s1. The van der Waals surface area contributed by atoms with Gasteiger partial charge in [0.25, 0.3) is 60.7 Å². The van der Waals surface area contributed by atoms with Crippen LogP contribution in [0.5, 0.6) is 0 Å². The quantitative estimate of drug-likeness (QED) is 0.0376. The van der Waals surface area contributed by atoms with Gasteiger partial charge in [-0.15, -0.1) is 0 Å². The van der Waals surface area contributed by atoms with Gasteiger partial charge in [0, 0.05) is 0 Å². The fourth-order valence-electron chi connectivity index (χ4n) is 19.5. The Labute approximate surface area is 800 Å². The van der Waals surface area contributed by atoms with E-state index in [1.807, 2.05) is 0 Å². The zero-order chi connectivity index (χ0) is 102. The molecule has 6 aromatic rings. The Balaban J connectivity index is 0.960. The van der Waals surface area contributed by atoms with Gasteiger partial charge in [-0.2, -0.15) is 50.5 Å². The van der Waals surface area contributed by atoms with E-state index in [9.17, 15) is 112 Å². The number of benzene rings is 6. The highest BCUT2D eigenvalue weighted by Gasteiger charge is 2.61. The third kappa shape index (κ3) is 23.0. The fraction of sp³-hybridized carbons (Fsp3) is 0.600. The first-order chi connectivity index (χ1) is 64.2. The normalized spacial score (nSPS) is 33.3. The van der Waals surface area contributed by atoms with Crippen molar-refractivity contribution in [1.82, 2.24) is 0 Å². The highest BCUT2D eigenvalue weighted by atomic mass is 32.2. The lowest BCUT2D eigenvalue weighted by atomic mass is 9.94. The second-order valence-corrected chi connectivity index (χ2v) is 45.9. The van der Waals surface area contributed by atoms with Gasteiger partial charge in [0.1, 0.15) is 146 Å². The zero-order valence-corrected chi connectivity index (χ0v) is 83.5. The Morgan fingerprint density at radius 2 is 0.283 bits per heavy atom. The molecular formula is C90H120O42S6. The smallest absolute Gasteiger partial charge is 0.297 e. The van der Waals surface area contributed by atoms with Crippen LogP contribution in [0, 0.1) is 125 Å². The maximum atomic E-state index is 14.7. The fourth-order valence-corrected chi connectivity index (χ4v) is 27.5. The van der Waals surface area contributed by atoms with Crippen LogP contribution < -0.4 is 0 Å². The average molecular weight is 2070 g/mol. The number of rotatable bonds is 24. The largest absolute Gasteiger partial charge is 0.387 e. The number of hydrogen-bond donors (Lipinski definition) is 12. The molecule has 22 aliphatic rings. The van der Waals surface area contributed by atoms with E-state index >= 15 is 0 Å². The maximum Gasteiger partial charge on any atom is 0.297 e. The topological polar surface area (TPSA) is 614 Å². The predicted octanol–water partition coefficient (Wildman–Crippen LogP) is 0.976. The molecule has 22 aliphatic heterocycles. The lowest BCUT2D eigenvalue weighted by Crippen LogP contribution is -2.69. The van der Waals surface area contributed by atoms with Gasteiger partial charge in [-0.1, -0.05) is 106 Å². The summed E-state index contributed by atoms with van der Waals surface area (Å²) in [6.07, 6.45) is -74.5. The summed E-state index contributed by atoms with van der Waals surface area (Å²) in [5.74, 6) is 0. The van der Waals surface area contributed by atoms with Crippen molar-refractivity contribution in [2.24, 2.45) is 0 Å². The molecule has 0 aliphatic carbocycles. The van der Waals surface area contributed by atoms with Gasteiger partial charge in [0.2, 0.25) is 0 Å². The van der Waals surface area contributed by atoms with E-state index in [1.165, 1.54) is 156 Å². The molecule has 0 unspecified atom stereocenters.